The second kappa shape index (κ2) is 18.5. The Balaban J connectivity index is 4.96. The van der Waals surface area contributed by atoms with Crippen molar-refractivity contribution in [1.82, 2.24) is 16.0 Å². The van der Waals surface area contributed by atoms with E-state index in [1.54, 1.807) is 0 Å². The van der Waals surface area contributed by atoms with Gasteiger partial charge in [0.25, 0.3) is 0 Å². The molecule has 14 heteroatoms. The Labute approximate surface area is 199 Å². The van der Waals surface area contributed by atoms with Crippen LogP contribution in [-0.4, -0.2) is 79.1 Å². The Morgan fingerprint density at radius 2 is 1.38 bits per heavy atom. The number of nitrogens with zero attached hydrogens (tertiary/aromatic N) is 1. The number of nitrogens with two attached hydrogens (primary N) is 5. The second-order valence-electron chi connectivity index (χ2n) is 7.86. The van der Waals surface area contributed by atoms with E-state index in [2.05, 4.69) is 20.9 Å². The average molecular weight is 488 g/mol. The molecule has 0 saturated carbocycles. The minimum Gasteiger partial charge on any atom is -0.480 e. The Morgan fingerprint density at radius 3 is 1.94 bits per heavy atom. The zero-order valence-corrected chi connectivity index (χ0v) is 19.6. The van der Waals surface area contributed by atoms with Crippen LogP contribution in [0.25, 0.3) is 0 Å². The molecule has 0 aliphatic heterocycles. The van der Waals surface area contributed by atoms with E-state index >= 15 is 0 Å². The molecule has 0 spiro atoms. The number of carboxylic acids is 1. The number of carbonyl (C=O) groups excluding carboxylic acids is 3. The molecular weight excluding hydrogens is 446 g/mol. The van der Waals surface area contributed by atoms with Crippen molar-refractivity contribution in [3.05, 3.63) is 0 Å². The summed E-state index contributed by atoms with van der Waals surface area (Å²) in [5, 5.41) is 16.8. The third kappa shape index (κ3) is 15.0. The van der Waals surface area contributed by atoms with E-state index in [0.717, 1.165) is 6.42 Å². The number of rotatable bonds is 19. The number of carbonyl (C=O) groups is 4. The highest BCUT2D eigenvalue weighted by Crippen LogP contribution is 2.04. The fraction of sp³-hybridized carbons (Fsp3) is 0.750. The lowest BCUT2D eigenvalue weighted by Crippen LogP contribution is -2.53. The Morgan fingerprint density at radius 1 is 0.794 bits per heavy atom. The van der Waals surface area contributed by atoms with Crippen LogP contribution in [0.3, 0.4) is 0 Å². The van der Waals surface area contributed by atoms with Crippen molar-refractivity contribution in [3.8, 4) is 0 Å². The molecule has 3 amide bonds. The molecule has 0 fully saturated rings. The summed E-state index contributed by atoms with van der Waals surface area (Å²) in [6.45, 7) is 0.737. The standard InChI is InChI=1S/C20H41N9O5/c21-9-3-1-6-13(23)17(31)27-12-16(30)28-14(8-5-11-26-20(24)25)18(32)29-15(19(33)34)7-2-4-10-22/h13-15H,1-12,21-23H2,(H,27,31)(H,28,30)(H,29,32)(H,33,34)(H4,24,25,26). The summed E-state index contributed by atoms with van der Waals surface area (Å²) in [7, 11) is 0. The van der Waals surface area contributed by atoms with Gasteiger partial charge in [-0.25, -0.2) is 4.79 Å². The first-order valence-corrected chi connectivity index (χ1v) is 11.4. The highest BCUT2D eigenvalue weighted by molar-refractivity contribution is 5.92. The molecular formula is C20H41N9O5. The van der Waals surface area contributed by atoms with Crippen LogP contribution >= 0.6 is 0 Å². The second-order valence-corrected chi connectivity index (χ2v) is 7.86. The number of aliphatic carboxylic acids is 1. The molecule has 34 heavy (non-hydrogen) atoms. The van der Waals surface area contributed by atoms with Gasteiger partial charge >= 0.3 is 5.97 Å². The molecule has 0 rings (SSSR count). The fourth-order valence-electron chi connectivity index (χ4n) is 2.98. The molecule has 0 aliphatic carbocycles. The van der Waals surface area contributed by atoms with Crippen LogP contribution < -0.4 is 44.6 Å². The minimum absolute atomic E-state index is 0.110. The van der Waals surface area contributed by atoms with Crippen molar-refractivity contribution in [2.24, 2.45) is 33.7 Å². The predicted octanol–water partition coefficient (Wildman–Crippen LogP) is -3.20. The van der Waals surface area contributed by atoms with E-state index in [9.17, 15) is 24.3 Å². The normalized spacial score (nSPS) is 13.3. The first kappa shape index (κ1) is 31.0. The van der Waals surface area contributed by atoms with Gasteiger partial charge in [-0.15, -0.1) is 0 Å². The van der Waals surface area contributed by atoms with E-state index in [0.29, 0.717) is 45.2 Å². The van der Waals surface area contributed by atoms with E-state index in [-0.39, 0.29) is 31.9 Å². The topological polar surface area (TPSA) is 267 Å². The quantitative estimate of drug-likeness (QED) is 0.0500. The van der Waals surface area contributed by atoms with Gasteiger partial charge in [0.05, 0.1) is 12.6 Å². The van der Waals surface area contributed by atoms with E-state index in [4.69, 9.17) is 28.7 Å². The Kier molecular flexibility index (Phi) is 16.8. The van der Waals surface area contributed by atoms with Gasteiger partial charge in [0.1, 0.15) is 12.1 Å². The third-order valence-electron chi connectivity index (χ3n) is 4.89. The van der Waals surface area contributed by atoms with Gasteiger partial charge in [-0.1, -0.05) is 6.42 Å². The summed E-state index contributed by atoms with van der Waals surface area (Å²) in [6, 6.07) is -2.95. The number of hydrogen-bond donors (Lipinski definition) is 9. The maximum absolute atomic E-state index is 12.7. The van der Waals surface area contributed by atoms with Crippen molar-refractivity contribution in [3.63, 3.8) is 0 Å². The fourth-order valence-corrected chi connectivity index (χ4v) is 2.98. The number of nitrogens with one attached hydrogen (secondary N) is 3. The molecule has 14 N–H and O–H groups in total. The van der Waals surface area contributed by atoms with Crippen LogP contribution in [0.4, 0.5) is 0 Å². The van der Waals surface area contributed by atoms with E-state index in [1.807, 2.05) is 0 Å². The number of unbranched alkanes of at least 4 members (excludes halogenated alkanes) is 2. The van der Waals surface area contributed by atoms with Gasteiger partial charge < -0.3 is 49.7 Å². The maximum Gasteiger partial charge on any atom is 0.326 e. The molecule has 0 radical (unpaired) electrons. The van der Waals surface area contributed by atoms with Gasteiger partial charge in [0.15, 0.2) is 5.96 Å². The molecule has 0 aromatic rings. The van der Waals surface area contributed by atoms with Crippen LogP contribution in [0, 0.1) is 0 Å². The number of hydrogen-bond acceptors (Lipinski definition) is 8. The van der Waals surface area contributed by atoms with Crippen molar-refractivity contribution in [1.29, 1.82) is 0 Å². The Bertz CT molecular complexity index is 671. The summed E-state index contributed by atoms with van der Waals surface area (Å²) >= 11 is 0. The molecule has 14 nitrogen and oxygen atoms in total. The summed E-state index contributed by atoms with van der Waals surface area (Å²) in [5.41, 5.74) is 27.2. The lowest BCUT2D eigenvalue weighted by atomic mass is 10.1. The zero-order chi connectivity index (χ0) is 25.9. The lowest BCUT2D eigenvalue weighted by molar-refractivity contribution is -0.142. The third-order valence-corrected chi connectivity index (χ3v) is 4.89. The minimum atomic E-state index is -1.19. The summed E-state index contributed by atoms with van der Waals surface area (Å²) < 4.78 is 0. The lowest BCUT2D eigenvalue weighted by Gasteiger charge is -2.22. The van der Waals surface area contributed by atoms with Crippen molar-refractivity contribution < 1.29 is 24.3 Å². The first-order chi connectivity index (χ1) is 16.1. The number of carboxylic acid groups (broad SMARTS) is 1. The highest BCUT2D eigenvalue weighted by Gasteiger charge is 2.26. The van der Waals surface area contributed by atoms with Gasteiger partial charge in [-0.3, -0.25) is 19.4 Å². The smallest absolute Gasteiger partial charge is 0.326 e. The first-order valence-electron chi connectivity index (χ1n) is 11.4. The number of guanidine groups is 1. The maximum atomic E-state index is 12.7. The molecule has 0 saturated heterocycles. The van der Waals surface area contributed by atoms with Crippen molar-refractivity contribution >= 4 is 29.7 Å². The SMILES string of the molecule is NCCCCC(N)C(=O)NCC(=O)NC(CCCN=C(N)N)C(=O)NC(CCCCN)C(=O)O. The monoisotopic (exact) mass is 487 g/mol. The van der Waals surface area contributed by atoms with E-state index < -0.39 is 41.8 Å². The molecule has 0 heterocycles. The van der Waals surface area contributed by atoms with E-state index in [1.165, 1.54) is 0 Å². The summed E-state index contributed by atoms with van der Waals surface area (Å²) in [4.78, 5) is 52.5. The van der Waals surface area contributed by atoms with Crippen LogP contribution in [0.15, 0.2) is 4.99 Å². The van der Waals surface area contributed by atoms with Crippen LogP contribution in [0.2, 0.25) is 0 Å². The molecule has 3 atom stereocenters. The van der Waals surface area contributed by atoms with Gasteiger partial charge in [0.2, 0.25) is 17.7 Å². The highest BCUT2D eigenvalue weighted by atomic mass is 16.4. The molecule has 196 valence electrons. The molecule has 0 aromatic carbocycles. The average Bonchev–Trinajstić information content (AvgIpc) is 2.78. The summed E-state index contributed by atoms with van der Waals surface area (Å²) in [6.07, 6.45) is 3.69. The molecule has 0 aromatic heterocycles. The zero-order valence-electron chi connectivity index (χ0n) is 19.6. The molecule has 3 unspecified atom stereocenters. The van der Waals surface area contributed by atoms with Crippen molar-refractivity contribution in [2.45, 2.75) is 69.5 Å². The summed E-state index contributed by atoms with van der Waals surface area (Å²) in [5.74, 6) is -3.08. The van der Waals surface area contributed by atoms with Gasteiger partial charge in [0, 0.05) is 6.54 Å². The van der Waals surface area contributed by atoms with Crippen LogP contribution in [-0.2, 0) is 19.2 Å². The molecule has 0 aliphatic rings. The Hall–Kier alpha value is -2.97. The van der Waals surface area contributed by atoms with Crippen LogP contribution in [0.1, 0.15) is 51.4 Å². The van der Waals surface area contributed by atoms with Gasteiger partial charge in [-0.05, 0) is 58.0 Å². The largest absolute Gasteiger partial charge is 0.480 e. The van der Waals surface area contributed by atoms with Crippen molar-refractivity contribution in [2.75, 3.05) is 26.2 Å². The van der Waals surface area contributed by atoms with Gasteiger partial charge in [-0.2, -0.15) is 0 Å². The predicted molar refractivity (Wildman–Crippen MR) is 128 cm³/mol. The number of amides is 3. The van der Waals surface area contributed by atoms with Crippen LogP contribution in [0.5, 0.6) is 0 Å². The number of aliphatic imine (C=N–C) groups is 1. The molecule has 0 bridgehead atoms.